The topological polar surface area (TPSA) is 49.3 Å². The Labute approximate surface area is 217 Å². The van der Waals surface area contributed by atoms with Crippen LogP contribution in [0.5, 0.6) is 0 Å². The van der Waals surface area contributed by atoms with E-state index >= 15 is 0 Å². The van der Waals surface area contributed by atoms with Crippen molar-refractivity contribution in [3.8, 4) is 0 Å². The third-order valence-electron chi connectivity index (χ3n) is 8.26. The van der Waals surface area contributed by atoms with E-state index in [0.29, 0.717) is 31.2 Å². The normalized spacial score (nSPS) is 25.6. The van der Waals surface area contributed by atoms with Gasteiger partial charge in [0.2, 0.25) is 0 Å². The SMILES string of the molecule is CC=CC(NC(=O)c1ccc2c(c1)CCCC1CC(O)(C(F)(F)F)CCC21Cc1ccccc1)=C(C)C. The Hall–Kier alpha value is -2.86. The molecule has 0 saturated heterocycles. The molecule has 0 spiro atoms. The van der Waals surface area contributed by atoms with E-state index in [-0.39, 0.29) is 31.1 Å². The maximum Gasteiger partial charge on any atom is 0.417 e. The van der Waals surface area contributed by atoms with Crippen molar-refractivity contribution in [1.29, 1.82) is 0 Å². The van der Waals surface area contributed by atoms with Crippen LogP contribution in [0.15, 0.2) is 72.0 Å². The minimum absolute atomic E-state index is 0.204. The molecule has 2 aromatic rings. The Balaban J connectivity index is 1.76. The van der Waals surface area contributed by atoms with Crippen LogP contribution in [0.4, 0.5) is 13.2 Å². The predicted octanol–water partition coefficient (Wildman–Crippen LogP) is 7.20. The number of rotatable bonds is 5. The van der Waals surface area contributed by atoms with Crippen molar-refractivity contribution in [2.75, 3.05) is 0 Å². The molecule has 2 aliphatic rings. The van der Waals surface area contributed by atoms with Crippen molar-refractivity contribution in [2.24, 2.45) is 5.92 Å². The molecular weight excluding hydrogens is 475 g/mol. The molecule has 3 nitrogen and oxygen atoms in total. The van der Waals surface area contributed by atoms with Crippen molar-refractivity contribution in [2.45, 2.75) is 82.9 Å². The quantitative estimate of drug-likeness (QED) is 0.417. The maximum absolute atomic E-state index is 13.9. The van der Waals surface area contributed by atoms with E-state index < -0.39 is 17.2 Å². The second-order valence-electron chi connectivity index (χ2n) is 10.9. The van der Waals surface area contributed by atoms with Crippen LogP contribution in [0.2, 0.25) is 0 Å². The lowest BCUT2D eigenvalue weighted by Crippen LogP contribution is -2.55. The first-order valence-electron chi connectivity index (χ1n) is 13.1. The summed E-state index contributed by atoms with van der Waals surface area (Å²) in [5.41, 5.74) is 2.21. The molecule has 3 unspecified atom stereocenters. The van der Waals surface area contributed by atoms with Gasteiger partial charge in [0, 0.05) is 16.7 Å². The second-order valence-corrected chi connectivity index (χ2v) is 10.9. The summed E-state index contributed by atoms with van der Waals surface area (Å²) in [6, 6.07) is 15.5. The van der Waals surface area contributed by atoms with Crippen LogP contribution in [0.25, 0.3) is 0 Å². The number of nitrogens with one attached hydrogen (secondary N) is 1. The predicted molar refractivity (Wildman–Crippen MR) is 140 cm³/mol. The molecule has 1 fully saturated rings. The molecule has 0 radical (unpaired) electrons. The molecule has 198 valence electrons. The van der Waals surface area contributed by atoms with Gasteiger partial charge in [-0.1, -0.05) is 48.0 Å². The number of aryl methyl sites for hydroxylation is 1. The van der Waals surface area contributed by atoms with E-state index in [1.807, 2.05) is 75.4 Å². The Kier molecular flexibility index (Phi) is 7.70. The van der Waals surface area contributed by atoms with Crippen LogP contribution < -0.4 is 5.32 Å². The van der Waals surface area contributed by atoms with Crippen LogP contribution >= 0.6 is 0 Å². The third kappa shape index (κ3) is 5.40. The first-order chi connectivity index (χ1) is 17.5. The average Bonchev–Trinajstić information content (AvgIpc) is 3.00. The molecule has 0 bridgehead atoms. The van der Waals surface area contributed by atoms with Crippen molar-refractivity contribution in [3.05, 3.63) is 94.2 Å². The van der Waals surface area contributed by atoms with Gasteiger partial charge >= 0.3 is 6.18 Å². The highest BCUT2D eigenvalue weighted by molar-refractivity contribution is 5.96. The summed E-state index contributed by atoms with van der Waals surface area (Å²) in [7, 11) is 0. The Bertz CT molecular complexity index is 1200. The van der Waals surface area contributed by atoms with Gasteiger partial charge < -0.3 is 10.4 Å². The first-order valence-corrected chi connectivity index (χ1v) is 13.1. The van der Waals surface area contributed by atoms with E-state index in [9.17, 15) is 23.1 Å². The zero-order chi connectivity index (χ0) is 26.8. The second kappa shape index (κ2) is 10.5. The zero-order valence-electron chi connectivity index (χ0n) is 21.8. The van der Waals surface area contributed by atoms with Crippen molar-refractivity contribution < 1.29 is 23.1 Å². The van der Waals surface area contributed by atoms with Gasteiger partial charge in [0.05, 0.1) is 0 Å². The van der Waals surface area contributed by atoms with E-state index in [0.717, 1.165) is 28.0 Å². The maximum atomic E-state index is 13.9. The fourth-order valence-corrected chi connectivity index (χ4v) is 6.28. The van der Waals surface area contributed by atoms with Crippen molar-refractivity contribution >= 4 is 5.91 Å². The summed E-state index contributed by atoms with van der Waals surface area (Å²) in [6.45, 7) is 5.76. The molecule has 0 aromatic heterocycles. The Morgan fingerprint density at radius 2 is 1.86 bits per heavy atom. The van der Waals surface area contributed by atoms with Gasteiger partial charge in [0.25, 0.3) is 5.91 Å². The molecule has 2 N–H and O–H groups in total. The van der Waals surface area contributed by atoms with Gasteiger partial charge in [0.15, 0.2) is 5.60 Å². The number of fused-ring (bicyclic) bond motifs is 3. The van der Waals surface area contributed by atoms with Gasteiger partial charge in [0.1, 0.15) is 0 Å². The molecule has 2 aliphatic carbocycles. The van der Waals surface area contributed by atoms with Gasteiger partial charge in [-0.05, 0) is 107 Å². The zero-order valence-corrected chi connectivity index (χ0v) is 21.8. The highest BCUT2D eigenvalue weighted by atomic mass is 19.4. The van der Waals surface area contributed by atoms with E-state index in [2.05, 4.69) is 5.32 Å². The molecule has 2 aromatic carbocycles. The molecule has 1 amide bonds. The summed E-state index contributed by atoms with van der Waals surface area (Å²) in [5, 5.41) is 13.7. The number of amides is 1. The molecule has 0 aliphatic heterocycles. The molecular formula is C31H36F3NO2. The van der Waals surface area contributed by atoms with Gasteiger partial charge in [-0.15, -0.1) is 0 Å². The summed E-state index contributed by atoms with van der Waals surface area (Å²) in [6.07, 6.45) is 1.32. The molecule has 6 heteroatoms. The standard InChI is InChI=1S/C31H36F3NO2/c1-4-9-27(21(2)3)35-28(36)24-14-15-26-23(18-24)12-8-13-25-20-30(37,31(32,33)34)17-16-29(25,26)19-22-10-6-5-7-11-22/h4-7,9-11,14-15,18,25,37H,8,12-13,16-17,19-20H2,1-3H3,(H,35,36). The van der Waals surface area contributed by atoms with Gasteiger partial charge in [-0.3, -0.25) is 4.79 Å². The van der Waals surface area contributed by atoms with Crippen LogP contribution in [-0.2, 0) is 18.3 Å². The lowest BCUT2D eigenvalue weighted by molar-refractivity contribution is -0.279. The number of carbonyl (C=O) groups is 1. The number of carbonyl (C=O) groups excluding carboxylic acids is 1. The van der Waals surface area contributed by atoms with E-state index in [1.54, 1.807) is 6.07 Å². The summed E-state index contributed by atoms with van der Waals surface area (Å²) in [5.74, 6) is -0.522. The van der Waals surface area contributed by atoms with Crippen LogP contribution in [0.3, 0.4) is 0 Å². The molecule has 37 heavy (non-hydrogen) atoms. The van der Waals surface area contributed by atoms with Crippen LogP contribution in [0.1, 0.15) is 79.9 Å². The highest BCUT2D eigenvalue weighted by Crippen LogP contribution is 2.56. The average molecular weight is 512 g/mol. The third-order valence-corrected chi connectivity index (χ3v) is 8.26. The van der Waals surface area contributed by atoms with E-state index in [1.165, 1.54) is 0 Å². The first kappa shape index (κ1) is 27.2. The smallest absolute Gasteiger partial charge is 0.380 e. The van der Waals surface area contributed by atoms with E-state index in [4.69, 9.17) is 0 Å². The molecule has 1 saturated carbocycles. The van der Waals surface area contributed by atoms with Gasteiger partial charge in [-0.25, -0.2) is 0 Å². The molecule has 3 atom stereocenters. The molecule has 0 heterocycles. The molecule has 4 rings (SSSR count). The lowest BCUT2D eigenvalue weighted by Gasteiger charge is -2.50. The summed E-state index contributed by atoms with van der Waals surface area (Å²) < 4.78 is 41.7. The number of alkyl halides is 3. The number of aliphatic hydroxyl groups is 1. The summed E-state index contributed by atoms with van der Waals surface area (Å²) >= 11 is 0. The summed E-state index contributed by atoms with van der Waals surface area (Å²) in [4.78, 5) is 13.1. The number of hydrogen-bond acceptors (Lipinski definition) is 2. The van der Waals surface area contributed by atoms with Gasteiger partial charge in [-0.2, -0.15) is 13.2 Å². The minimum atomic E-state index is -4.65. The van der Waals surface area contributed by atoms with Crippen LogP contribution in [-0.4, -0.2) is 22.8 Å². The number of halogens is 3. The fourth-order valence-electron chi connectivity index (χ4n) is 6.28. The fraction of sp³-hybridized carbons (Fsp3) is 0.452. The highest BCUT2D eigenvalue weighted by Gasteiger charge is 2.60. The lowest BCUT2D eigenvalue weighted by atomic mass is 9.56. The number of benzene rings is 2. The monoisotopic (exact) mass is 511 g/mol. The number of allylic oxidation sites excluding steroid dienone is 3. The largest absolute Gasteiger partial charge is 0.417 e. The van der Waals surface area contributed by atoms with Crippen molar-refractivity contribution in [1.82, 2.24) is 5.32 Å². The number of hydrogen-bond donors (Lipinski definition) is 2. The Morgan fingerprint density at radius 1 is 1.14 bits per heavy atom. The van der Waals surface area contributed by atoms with Crippen LogP contribution in [0, 0.1) is 5.92 Å². The Morgan fingerprint density at radius 3 is 2.51 bits per heavy atom. The minimum Gasteiger partial charge on any atom is -0.380 e. The van der Waals surface area contributed by atoms with Crippen molar-refractivity contribution in [3.63, 3.8) is 0 Å².